The molecule has 0 N–H and O–H groups in total. The van der Waals surface area contributed by atoms with Crippen molar-refractivity contribution in [3.63, 3.8) is 0 Å². The fourth-order valence-corrected chi connectivity index (χ4v) is 4.72. The second-order valence-corrected chi connectivity index (χ2v) is 8.64. The molecule has 2 aliphatic rings. The van der Waals surface area contributed by atoms with Gasteiger partial charge in [0.1, 0.15) is 12.1 Å². The van der Waals surface area contributed by atoms with E-state index >= 15 is 0 Å². The van der Waals surface area contributed by atoms with E-state index < -0.39 is 5.54 Å². The highest BCUT2D eigenvalue weighted by atomic mass is 16.2. The Morgan fingerprint density at radius 2 is 1.55 bits per heavy atom. The summed E-state index contributed by atoms with van der Waals surface area (Å²) in [5.74, 6) is -0.455. The Hall–Kier alpha value is -3.15. The molecule has 4 amide bonds. The molecule has 1 aliphatic carbocycles. The quantitative estimate of drug-likeness (QED) is 0.691. The third-order valence-corrected chi connectivity index (χ3v) is 6.68. The molecule has 162 valence electrons. The van der Waals surface area contributed by atoms with Crippen molar-refractivity contribution in [3.8, 4) is 11.1 Å². The number of likely N-dealkylation sites (N-methyl/N-ethyl adjacent to an activating group) is 2. The monoisotopic (exact) mass is 419 g/mol. The van der Waals surface area contributed by atoms with Crippen LogP contribution in [0.15, 0.2) is 54.6 Å². The van der Waals surface area contributed by atoms with Crippen molar-refractivity contribution >= 4 is 17.8 Å². The van der Waals surface area contributed by atoms with Gasteiger partial charge >= 0.3 is 6.03 Å². The van der Waals surface area contributed by atoms with Crippen LogP contribution in [-0.4, -0.2) is 58.7 Å². The minimum Gasteiger partial charge on any atom is -0.340 e. The summed E-state index contributed by atoms with van der Waals surface area (Å²) in [6, 6.07) is 17.8. The van der Waals surface area contributed by atoms with E-state index in [-0.39, 0.29) is 24.4 Å². The number of imide groups is 1. The van der Waals surface area contributed by atoms with Gasteiger partial charge < -0.3 is 9.80 Å². The van der Waals surface area contributed by atoms with Crippen LogP contribution in [-0.2, 0) is 16.1 Å². The Bertz CT molecular complexity index is 965. The highest BCUT2D eigenvalue weighted by Gasteiger charge is 2.55. The largest absolute Gasteiger partial charge is 0.340 e. The van der Waals surface area contributed by atoms with Gasteiger partial charge in [0.05, 0.1) is 0 Å². The first kappa shape index (κ1) is 21.1. The second kappa shape index (κ2) is 8.53. The van der Waals surface area contributed by atoms with Crippen LogP contribution in [0.2, 0.25) is 0 Å². The van der Waals surface area contributed by atoms with Crippen LogP contribution in [0.5, 0.6) is 0 Å². The Balaban J connectivity index is 1.39. The first-order valence-corrected chi connectivity index (χ1v) is 10.9. The molecule has 0 radical (unpaired) electrons. The molecule has 6 heteroatoms. The third kappa shape index (κ3) is 3.94. The van der Waals surface area contributed by atoms with E-state index in [2.05, 4.69) is 12.1 Å². The summed E-state index contributed by atoms with van der Waals surface area (Å²) in [5, 5.41) is 0. The molecule has 1 saturated heterocycles. The normalized spacial score (nSPS) is 18.0. The third-order valence-electron chi connectivity index (χ3n) is 6.68. The number of carbonyl (C=O) groups is 3. The summed E-state index contributed by atoms with van der Waals surface area (Å²) in [6.45, 7) is 0.216. The summed E-state index contributed by atoms with van der Waals surface area (Å²) < 4.78 is 0. The molecule has 1 heterocycles. The van der Waals surface area contributed by atoms with Gasteiger partial charge in [-0.25, -0.2) is 4.79 Å². The lowest BCUT2D eigenvalue weighted by Gasteiger charge is -2.35. The first-order chi connectivity index (χ1) is 14.9. The molecule has 0 aromatic heterocycles. The molecule has 2 aromatic carbocycles. The number of amides is 4. The van der Waals surface area contributed by atoms with Gasteiger partial charge in [-0.05, 0) is 29.5 Å². The van der Waals surface area contributed by atoms with Gasteiger partial charge in [0.2, 0.25) is 5.91 Å². The van der Waals surface area contributed by atoms with Crippen LogP contribution in [0, 0.1) is 0 Å². The molecule has 2 fully saturated rings. The average molecular weight is 420 g/mol. The predicted octanol–water partition coefficient (Wildman–Crippen LogP) is 3.91. The molecule has 1 aliphatic heterocycles. The van der Waals surface area contributed by atoms with Gasteiger partial charge in [0.25, 0.3) is 5.91 Å². The Labute approximate surface area is 183 Å². The molecular weight excluding hydrogens is 390 g/mol. The van der Waals surface area contributed by atoms with Gasteiger partial charge in [-0.2, -0.15) is 0 Å². The molecule has 31 heavy (non-hydrogen) atoms. The molecule has 1 saturated carbocycles. The predicted molar refractivity (Wildman–Crippen MR) is 119 cm³/mol. The number of hydrogen-bond acceptors (Lipinski definition) is 3. The zero-order chi connectivity index (χ0) is 22.0. The molecule has 0 atom stereocenters. The zero-order valence-electron chi connectivity index (χ0n) is 18.2. The number of urea groups is 1. The number of rotatable bonds is 5. The molecule has 4 rings (SSSR count). The summed E-state index contributed by atoms with van der Waals surface area (Å²) in [7, 11) is 3.40. The Morgan fingerprint density at radius 3 is 2.19 bits per heavy atom. The number of hydrogen-bond donors (Lipinski definition) is 0. The molecule has 0 unspecified atom stereocenters. The lowest BCUT2D eigenvalue weighted by molar-refractivity contribution is -0.140. The average Bonchev–Trinajstić information content (AvgIpc) is 2.97. The summed E-state index contributed by atoms with van der Waals surface area (Å²) in [6.07, 6.45) is 4.32. The van der Waals surface area contributed by atoms with Gasteiger partial charge in [-0.1, -0.05) is 73.9 Å². The molecule has 6 nitrogen and oxygen atoms in total. The Kier molecular flexibility index (Phi) is 5.81. The Morgan fingerprint density at radius 1 is 0.935 bits per heavy atom. The van der Waals surface area contributed by atoms with Crippen molar-refractivity contribution in [1.82, 2.24) is 14.7 Å². The zero-order valence-corrected chi connectivity index (χ0v) is 18.2. The van der Waals surface area contributed by atoms with E-state index in [1.165, 1.54) is 0 Å². The maximum Gasteiger partial charge on any atom is 0.327 e. The minimum atomic E-state index is -0.749. The van der Waals surface area contributed by atoms with E-state index in [4.69, 9.17) is 0 Å². The van der Waals surface area contributed by atoms with Crippen LogP contribution >= 0.6 is 0 Å². The summed E-state index contributed by atoms with van der Waals surface area (Å²) in [4.78, 5) is 42.9. The summed E-state index contributed by atoms with van der Waals surface area (Å²) >= 11 is 0. The number of nitrogens with zero attached hydrogens (tertiary/aromatic N) is 3. The highest BCUT2D eigenvalue weighted by Crippen LogP contribution is 2.39. The fourth-order valence-electron chi connectivity index (χ4n) is 4.72. The van der Waals surface area contributed by atoms with Crippen LogP contribution in [0.4, 0.5) is 4.79 Å². The van der Waals surface area contributed by atoms with Crippen molar-refractivity contribution in [1.29, 1.82) is 0 Å². The lowest BCUT2D eigenvalue weighted by Crippen LogP contribution is -2.49. The molecule has 0 bridgehead atoms. The maximum atomic E-state index is 13.1. The van der Waals surface area contributed by atoms with Crippen molar-refractivity contribution in [2.45, 2.75) is 44.2 Å². The molecule has 1 spiro atoms. The lowest BCUT2D eigenvalue weighted by atomic mass is 9.81. The van der Waals surface area contributed by atoms with E-state index in [9.17, 15) is 14.4 Å². The topological polar surface area (TPSA) is 60.9 Å². The molecular formula is C25H29N3O3. The molecule has 2 aromatic rings. The van der Waals surface area contributed by atoms with Crippen molar-refractivity contribution in [2.75, 3.05) is 20.6 Å². The van der Waals surface area contributed by atoms with Gasteiger partial charge in [0, 0.05) is 20.6 Å². The SMILES string of the molecule is CN(Cc1ccc(-c2ccccc2)cc1)C(=O)CN1C(=O)N(C)C2(CCCCC2)C1=O. The van der Waals surface area contributed by atoms with Crippen LogP contribution in [0.1, 0.15) is 37.7 Å². The van der Waals surface area contributed by atoms with E-state index in [1.807, 2.05) is 42.5 Å². The van der Waals surface area contributed by atoms with Gasteiger partial charge in [-0.15, -0.1) is 0 Å². The first-order valence-electron chi connectivity index (χ1n) is 10.9. The number of carbonyl (C=O) groups excluding carboxylic acids is 3. The van der Waals surface area contributed by atoms with Crippen LogP contribution in [0.3, 0.4) is 0 Å². The van der Waals surface area contributed by atoms with Crippen molar-refractivity contribution < 1.29 is 14.4 Å². The van der Waals surface area contributed by atoms with E-state index in [0.29, 0.717) is 19.4 Å². The number of benzene rings is 2. The van der Waals surface area contributed by atoms with Crippen molar-refractivity contribution in [3.05, 3.63) is 60.2 Å². The second-order valence-electron chi connectivity index (χ2n) is 8.64. The highest BCUT2D eigenvalue weighted by molar-refractivity contribution is 6.08. The van der Waals surface area contributed by atoms with Crippen LogP contribution in [0.25, 0.3) is 11.1 Å². The standard InChI is InChI=1S/C25H29N3O3/c1-26(17-19-11-13-21(14-12-19)20-9-5-3-6-10-20)22(29)18-28-23(30)25(27(2)24(28)31)15-7-4-8-16-25/h3,5-6,9-14H,4,7-8,15-18H2,1-2H3. The fraction of sp³-hybridized carbons (Fsp3) is 0.400. The van der Waals surface area contributed by atoms with Gasteiger partial charge in [0.15, 0.2) is 0 Å². The smallest absolute Gasteiger partial charge is 0.327 e. The maximum absolute atomic E-state index is 13.1. The van der Waals surface area contributed by atoms with Gasteiger partial charge in [-0.3, -0.25) is 14.5 Å². The summed E-state index contributed by atoms with van der Waals surface area (Å²) in [5.41, 5.74) is 2.51. The van der Waals surface area contributed by atoms with Crippen molar-refractivity contribution in [2.24, 2.45) is 0 Å². The van der Waals surface area contributed by atoms with E-state index in [0.717, 1.165) is 40.9 Å². The minimum absolute atomic E-state index is 0.206. The van der Waals surface area contributed by atoms with Crippen LogP contribution < -0.4 is 0 Å². The van der Waals surface area contributed by atoms with E-state index in [1.54, 1.807) is 23.9 Å².